The van der Waals surface area contributed by atoms with Crippen LogP contribution in [0.4, 0.5) is 38.0 Å². The van der Waals surface area contributed by atoms with Gasteiger partial charge >= 0.3 is 12.4 Å². The number of anilines is 2. The molecule has 0 atom stereocenters. The summed E-state index contributed by atoms with van der Waals surface area (Å²) in [4.78, 5) is 6.88. The van der Waals surface area contributed by atoms with Crippen LogP contribution in [0.25, 0.3) is 0 Å². The molecule has 0 amide bonds. The van der Waals surface area contributed by atoms with Crippen molar-refractivity contribution in [3.8, 4) is 0 Å². The fraction of sp³-hybridized carbons (Fsp3) is 0.231. The number of hydrogen-bond donors (Lipinski definition) is 1. The van der Waals surface area contributed by atoms with Crippen LogP contribution in [0.1, 0.15) is 11.3 Å². The van der Waals surface area contributed by atoms with Crippen molar-refractivity contribution < 1.29 is 26.3 Å². The third kappa shape index (κ3) is 4.61. The maximum atomic E-state index is 12.5. The average molecular weight is 321 g/mol. The van der Waals surface area contributed by atoms with Crippen molar-refractivity contribution in [2.75, 3.05) is 5.32 Å². The summed E-state index contributed by atoms with van der Waals surface area (Å²) in [6.07, 6.45) is -9.22. The van der Waals surface area contributed by atoms with E-state index in [2.05, 4.69) is 15.3 Å². The molecule has 1 aromatic heterocycles. The minimum absolute atomic E-state index is 0.0236. The van der Waals surface area contributed by atoms with Gasteiger partial charge in [-0.05, 0) is 23.8 Å². The van der Waals surface area contributed by atoms with E-state index in [0.29, 0.717) is 6.07 Å². The minimum atomic E-state index is -4.63. The quantitative estimate of drug-likeness (QED) is 0.855. The Morgan fingerprint density at radius 1 is 1.00 bits per heavy atom. The van der Waals surface area contributed by atoms with Crippen LogP contribution < -0.4 is 5.32 Å². The standard InChI is InChI=1S/C13H9F6N3/c14-12(15,16)7-8-2-1-3-9(6-8)21-11-20-5-4-10(22-11)13(17,18)19/h1-6H,7H2,(H,20,21,22). The molecule has 0 aliphatic rings. The zero-order valence-corrected chi connectivity index (χ0v) is 10.8. The van der Waals surface area contributed by atoms with Crippen molar-refractivity contribution in [1.82, 2.24) is 9.97 Å². The summed E-state index contributed by atoms with van der Waals surface area (Å²) in [6.45, 7) is 0. The Hall–Kier alpha value is -2.32. The molecule has 0 bridgehead atoms. The average Bonchev–Trinajstić information content (AvgIpc) is 2.36. The highest BCUT2D eigenvalue weighted by Gasteiger charge is 2.32. The predicted molar refractivity (Wildman–Crippen MR) is 66.5 cm³/mol. The van der Waals surface area contributed by atoms with Crippen LogP contribution in [0, 0.1) is 0 Å². The number of alkyl halides is 6. The van der Waals surface area contributed by atoms with Gasteiger partial charge < -0.3 is 5.32 Å². The van der Waals surface area contributed by atoms with E-state index in [-0.39, 0.29) is 17.2 Å². The van der Waals surface area contributed by atoms with E-state index in [9.17, 15) is 26.3 Å². The number of benzene rings is 1. The molecule has 2 rings (SSSR count). The Morgan fingerprint density at radius 3 is 2.36 bits per heavy atom. The summed E-state index contributed by atoms with van der Waals surface area (Å²) in [5.41, 5.74) is -0.998. The van der Waals surface area contributed by atoms with Gasteiger partial charge in [-0.1, -0.05) is 12.1 Å². The molecule has 0 radical (unpaired) electrons. The van der Waals surface area contributed by atoms with Gasteiger partial charge in [0.2, 0.25) is 5.95 Å². The first kappa shape index (κ1) is 16.1. The second-order valence-corrected chi connectivity index (χ2v) is 4.38. The van der Waals surface area contributed by atoms with E-state index < -0.39 is 24.5 Å². The molecular weight excluding hydrogens is 312 g/mol. The molecule has 0 fully saturated rings. The first-order valence-electron chi connectivity index (χ1n) is 5.96. The Kier molecular flexibility index (Phi) is 4.25. The number of rotatable bonds is 3. The van der Waals surface area contributed by atoms with E-state index in [1.165, 1.54) is 24.3 Å². The van der Waals surface area contributed by atoms with E-state index in [1.54, 1.807) is 0 Å². The molecule has 1 aromatic carbocycles. The first-order valence-corrected chi connectivity index (χ1v) is 5.96. The third-order valence-corrected chi connectivity index (χ3v) is 2.53. The first-order chi connectivity index (χ1) is 10.1. The highest BCUT2D eigenvalue weighted by molar-refractivity contribution is 5.54. The van der Waals surface area contributed by atoms with Crippen molar-refractivity contribution in [3.05, 3.63) is 47.8 Å². The highest BCUT2D eigenvalue weighted by Crippen LogP contribution is 2.28. The van der Waals surface area contributed by atoms with Gasteiger partial charge in [0.25, 0.3) is 0 Å². The van der Waals surface area contributed by atoms with Crippen molar-refractivity contribution in [1.29, 1.82) is 0 Å². The van der Waals surface area contributed by atoms with Crippen LogP contribution in [0.3, 0.4) is 0 Å². The lowest BCUT2D eigenvalue weighted by Crippen LogP contribution is -2.12. The van der Waals surface area contributed by atoms with Crippen molar-refractivity contribution in [3.63, 3.8) is 0 Å². The number of nitrogens with one attached hydrogen (secondary N) is 1. The SMILES string of the molecule is FC(F)(F)Cc1cccc(Nc2nccc(C(F)(F)F)n2)c1. The molecule has 2 aromatic rings. The maximum Gasteiger partial charge on any atom is 0.433 e. The highest BCUT2D eigenvalue weighted by atomic mass is 19.4. The summed E-state index contributed by atoms with van der Waals surface area (Å²) < 4.78 is 74.5. The zero-order chi connectivity index (χ0) is 16.4. The summed E-state index contributed by atoms with van der Waals surface area (Å²) >= 11 is 0. The topological polar surface area (TPSA) is 37.8 Å². The van der Waals surface area contributed by atoms with Gasteiger partial charge in [0.05, 0.1) is 6.42 Å². The number of aromatic nitrogens is 2. The summed E-state index contributed by atoms with van der Waals surface area (Å²) in [5.74, 6) is -0.348. The van der Waals surface area contributed by atoms with Gasteiger partial charge in [0, 0.05) is 11.9 Å². The summed E-state index contributed by atoms with van der Waals surface area (Å²) in [6, 6.07) is 5.91. The Morgan fingerprint density at radius 2 is 1.73 bits per heavy atom. The van der Waals surface area contributed by atoms with Crippen LogP contribution in [0.5, 0.6) is 0 Å². The lowest BCUT2D eigenvalue weighted by Gasteiger charge is -2.10. The largest absolute Gasteiger partial charge is 0.433 e. The van der Waals surface area contributed by atoms with Gasteiger partial charge in [-0.3, -0.25) is 0 Å². The van der Waals surface area contributed by atoms with Crippen LogP contribution >= 0.6 is 0 Å². The van der Waals surface area contributed by atoms with Gasteiger partial charge in [0.15, 0.2) is 0 Å². The molecule has 1 heterocycles. The second-order valence-electron chi connectivity index (χ2n) is 4.38. The molecule has 1 N–H and O–H groups in total. The summed E-state index contributed by atoms with van der Waals surface area (Å²) in [7, 11) is 0. The number of hydrogen-bond acceptors (Lipinski definition) is 3. The predicted octanol–water partition coefficient (Wildman–Crippen LogP) is 4.34. The van der Waals surface area contributed by atoms with Crippen LogP contribution in [-0.2, 0) is 12.6 Å². The van der Waals surface area contributed by atoms with E-state index >= 15 is 0 Å². The fourth-order valence-electron chi connectivity index (χ4n) is 1.70. The molecule has 0 aliphatic carbocycles. The molecule has 22 heavy (non-hydrogen) atoms. The van der Waals surface area contributed by atoms with E-state index in [1.807, 2.05) is 0 Å². The summed E-state index contributed by atoms with van der Waals surface area (Å²) in [5, 5.41) is 2.45. The van der Waals surface area contributed by atoms with Crippen molar-refractivity contribution in [2.45, 2.75) is 18.8 Å². The van der Waals surface area contributed by atoms with Gasteiger partial charge in [-0.2, -0.15) is 26.3 Å². The van der Waals surface area contributed by atoms with E-state index in [0.717, 1.165) is 6.20 Å². The molecule has 9 heteroatoms. The molecule has 0 saturated heterocycles. The molecule has 0 saturated carbocycles. The van der Waals surface area contributed by atoms with Crippen LogP contribution in [0.2, 0.25) is 0 Å². The fourth-order valence-corrected chi connectivity index (χ4v) is 1.70. The molecule has 0 unspecified atom stereocenters. The Labute approximate surface area is 121 Å². The smallest absolute Gasteiger partial charge is 0.324 e. The Balaban J connectivity index is 2.19. The third-order valence-electron chi connectivity index (χ3n) is 2.53. The van der Waals surface area contributed by atoms with E-state index in [4.69, 9.17) is 0 Å². The number of halogens is 6. The van der Waals surface area contributed by atoms with Gasteiger partial charge in [-0.15, -0.1) is 0 Å². The molecular formula is C13H9F6N3. The van der Waals surface area contributed by atoms with Gasteiger partial charge in [-0.25, -0.2) is 9.97 Å². The second kappa shape index (κ2) is 5.82. The molecule has 0 spiro atoms. The lowest BCUT2D eigenvalue weighted by molar-refractivity contribution is -0.141. The molecule has 3 nitrogen and oxygen atoms in total. The maximum absolute atomic E-state index is 12.5. The normalized spacial score (nSPS) is 12.3. The lowest BCUT2D eigenvalue weighted by atomic mass is 10.1. The molecule has 0 aliphatic heterocycles. The monoisotopic (exact) mass is 321 g/mol. The zero-order valence-electron chi connectivity index (χ0n) is 10.8. The Bertz CT molecular complexity index is 651. The minimum Gasteiger partial charge on any atom is -0.324 e. The number of nitrogens with zero attached hydrogens (tertiary/aromatic N) is 2. The van der Waals surface area contributed by atoms with Crippen molar-refractivity contribution in [2.24, 2.45) is 0 Å². The van der Waals surface area contributed by atoms with Crippen LogP contribution in [0.15, 0.2) is 36.5 Å². The van der Waals surface area contributed by atoms with Gasteiger partial charge in [0.1, 0.15) is 5.69 Å². The van der Waals surface area contributed by atoms with Crippen molar-refractivity contribution >= 4 is 11.6 Å². The molecule has 118 valence electrons. The van der Waals surface area contributed by atoms with Crippen LogP contribution in [-0.4, -0.2) is 16.1 Å².